The van der Waals surface area contributed by atoms with Gasteiger partial charge in [-0.25, -0.2) is 4.79 Å². The molecule has 0 aliphatic carbocycles. The number of nitrogens with zero attached hydrogens (tertiary/aromatic N) is 1. The fraction of sp³-hybridized carbons (Fsp3) is 0.0667. The first-order chi connectivity index (χ1) is 10.5. The lowest BCUT2D eigenvalue weighted by Crippen LogP contribution is -2.16. The number of hydrogen-bond acceptors (Lipinski definition) is 4. The second kappa shape index (κ2) is 7.29. The van der Waals surface area contributed by atoms with Crippen molar-refractivity contribution in [3.63, 3.8) is 0 Å². The smallest absolute Gasteiger partial charge is 0.365 e. The number of amidine groups is 1. The van der Waals surface area contributed by atoms with Crippen molar-refractivity contribution in [2.24, 2.45) is 10.9 Å². The zero-order valence-electron chi connectivity index (χ0n) is 11.5. The van der Waals surface area contributed by atoms with E-state index in [1.54, 1.807) is 42.5 Å². The number of hydrogen-bond donors (Lipinski definition) is 1. The predicted molar refractivity (Wildman–Crippen MR) is 88.3 cm³/mol. The number of nitrogens with two attached hydrogens (primary N) is 1. The molecule has 0 saturated carbocycles. The normalized spacial score (nSPS) is 11.1. The molecule has 0 saturated heterocycles. The van der Waals surface area contributed by atoms with E-state index in [0.717, 1.165) is 4.47 Å². The van der Waals surface area contributed by atoms with E-state index in [9.17, 15) is 4.79 Å². The molecule has 0 unspecified atom stereocenters. The molecule has 2 N–H and O–H groups in total. The summed E-state index contributed by atoms with van der Waals surface area (Å²) in [5, 5.41) is 4.10. The SMILES string of the molecule is COc1ccc(Cl)cc1/C(N)=N/OC(=O)c1ccc(Br)cc1. The summed E-state index contributed by atoms with van der Waals surface area (Å²) in [6, 6.07) is 11.6. The largest absolute Gasteiger partial charge is 0.496 e. The Hall–Kier alpha value is -2.05. The number of carbonyl (C=O) groups excluding carboxylic acids is 1. The van der Waals surface area contributed by atoms with Crippen LogP contribution in [0.1, 0.15) is 15.9 Å². The average Bonchev–Trinajstić information content (AvgIpc) is 2.53. The summed E-state index contributed by atoms with van der Waals surface area (Å²) in [5.74, 6) is -0.147. The topological polar surface area (TPSA) is 73.9 Å². The highest BCUT2D eigenvalue weighted by molar-refractivity contribution is 9.10. The van der Waals surface area contributed by atoms with Crippen LogP contribution in [-0.2, 0) is 4.84 Å². The van der Waals surface area contributed by atoms with Gasteiger partial charge in [-0.1, -0.05) is 32.7 Å². The van der Waals surface area contributed by atoms with Gasteiger partial charge in [0.2, 0.25) is 0 Å². The lowest BCUT2D eigenvalue weighted by molar-refractivity contribution is 0.0516. The van der Waals surface area contributed by atoms with E-state index in [1.807, 2.05) is 0 Å². The summed E-state index contributed by atoms with van der Waals surface area (Å²) in [7, 11) is 1.49. The molecule has 2 rings (SSSR count). The minimum Gasteiger partial charge on any atom is -0.496 e. The van der Waals surface area contributed by atoms with E-state index in [1.165, 1.54) is 7.11 Å². The highest BCUT2D eigenvalue weighted by atomic mass is 79.9. The van der Waals surface area contributed by atoms with Crippen molar-refractivity contribution in [1.29, 1.82) is 0 Å². The Morgan fingerprint density at radius 1 is 1.23 bits per heavy atom. The van der Waals surface area contributed by atoms with Crippen LogP contribution < -0.4 is 10.5 Å². The Morgan fingerprint density at radius 2 is 1.91 bits per heavy atom. The molecule has 0 spiro atoms. The van der Waals surface area contributed by atoms with E-state index in [0.29, 0.717) is 21.9 Å². The van der Waals surface area contributed by atoms with Crippen molar-refractivity contribution in [2.45, 2.75) is 0 Å². The van der Waals surface area contributed by atoms with Crippen molar-refractivity contribution < 1.29 is 14.4 Å². The maximum atomic E-state index is 11.9. The van der Waals surface area contributed by atoms with Gasteiger partial charge >= 0.3 is 5.97 Å². The molecule has 7 heteroatoms. The molecule has 0 aromatic heterocycles. The molecule has 2 aromatic rings. The monoisotopic (exact) mass is 382 g/mol. The molecular weight excluding hydrogens is 372 g/mol. The maximum absolute atomic E-state index is 11.9. The molecule has 0 aliphatic heterocycles. The van der Waals surface area contributed by atoms with Crippen molar-refractivity contribution in [2.75, 3.05) is 7.11 Å². The maximum Gasteiger partial charge on any atom is 0.365 e. The highest BCUT2D eigenvalue weighted by Gasteiger charge is 2.11. The van der Waals surface area contributed by atoms with E-state index in [-0.39, 0.29) is 5.84 Å². The molecule has 0 atom stereocenters. The molecule has 22 heavy (non-hydrogen) atoms. The fourth-order valence-electron chi connectivity index (χ4n) is 1.66. The van der Waals surface area contributed by atoms with Gasteiger partial charge in [-0.15, -0.1) is 0 Å². The number of methoxy groups -OCH3 is 1. The van der Waals surface area contributed by atoms with Crippen LogP contribution in [-0.4, -0.2) is 18.9 Å². The van der Waals surface area contributed by atoms with E-state index >= 15 is 0 Å². The molecule has 0 fully saturated rings. The number of ether oxygens (including phenoxy) is 1. The zero-order valence-corrected chi connectivity index (χ0v) is 13.9. The van der Waals surface area contributed by atoms with Gasteiger partial charge < -0.3 is 15.3 Å². The lowest BCUT2D eigenvalue weighted by atomic mass is 10.2. The zero-order chi connectivity index (χ0) is 16.1. The Kier molecular flexibility index (Phi) is 5.41. The van der Waals surface area contributed by atoms with Crippen molar-refractivity contribution in [3.05, 3.63) is 63.1 Å². The molecular formula is C15H12BrClN2O3. The fourth-order valence-corrected chi connectivity index (χ4v) is 2.10. The van der Waals surface area contributed by atoms with Crippen molar-refractivity contribution in [1.82, 2.24) is 0 Å². The van der Waals surface area contributed by atoms with Crippen LogP contribution in [0, 0.1) is 0 Å². The van der Waals surface area contributed by atoms with Gasteiger partial charge in [-0.05, 0) is 42.5 Å². The Labute approximate surface area is 140 Å². The second-order valence-electron chi connectivity index (χ2n) is 4.21. The summed E-state index contributed by atoms with van der Waals surface area (Å²) in [5.41, 5.74) is 6.62. The van der Waals surface area contributed by atoms with Gasteiger partial charge in [0.05, 0.1) is 18.2 Å². The average molecular weight is 384 g/mol. The molecule has 2 aromatic carbocycles. The third kappa shape index (κ3) is 3.99. The summed E-state index contributed by atoms with van der Waals surface area (Å²) >= 11 is 9.20. The van der Waals surface area contributed by atoms with Crippen LogP contribution in [0.3, 0.4) is 0 Å². The molecule has 0 heterocycles. The van der Waals surface area contributed by atoms with Crippen LogP contribution >= 0.6 is 27.5 Å². The van der Waals surface area contributed by atoms with Crippen LogP contribution in [0.4, 0.5) is 0 Å². The lowest BCUT2D eigenvalue weighted by Gasteiger charge is -2.07. The molecule has 0 aliphatic rings. The van der Waals surface area contributed by atoms with Gasteiger partial charge in [0.15, 0.2) is 5.84 Å². The quantitative estimate of drug-likeness (QED) is 0.379. The van der Waals surface area contributed by atoms with Crippen LogP contribution in [0.2, 0.25) is 5.02 Å². The minimum atomic E-state index is -0.614. The summed E-state index contributed by atoms with van der Waals surface area (Å²) in [6.07, 6.45) is 0. The summed E-state index contributed by atoms with van der Waals surface area (Å²) in [6.45, 7) is 0. The standard InChI is InChI=1S/C15H12BrClN2O3/c1-21-13-7-6-11(17)8-12(13)14(18)19-22-15(20)9-2-4-10(16)5-3-9/h2-8H,1H3,(H2,18,19). The first-order valence-electron chi connectivity index (χ1n) is 6.15. The number of rotatable bonds is 4. The third-order valence-electron chi connectivity index (χ3n) is 2.74. The Balaban J connectivity index is 2.17. The molecule has 114 valence electrons. The molecule has 0 bridgehead atoms. The van der Waals surface area contributed by atoms with Gasteiger partial charge in [0, 0.05) is 9.50 Å². The van der Waals surface area contributed by atoms with Gasteiger partial charge in [-0.2, -0.15) is 0 Å². The third-order valence-corrected chi connectivity index (χ3v) is 3.51. The van der Waals surface area contributed by atoms with Crippen molar-refractivity contribution in [3.8, 4) is 5.75 Å². The molecule has 5 nitrogen and oxygen atoms in total. The molecule has 0 radical (unpaired) electrons. The van der Waals surface area contributed by atoms with Crippen LogP contribution in [0.15, 0.2) is 52.1 Å². The van der Waals surface area contributed by atoms with Gasteiger partial charge in [0.1, 0.15) is 5.75 Å². The Morgan fingerprint density at radius 3 is 2.55 bits per heavy atom. The van der Waals surface area contributed by atoms with Gasteiger partial charge in [-0.3, -0.25) is 0 Å². The number of oxime groups is 1. The number of carbonyl (C=O) groups is 1. The van der Waals surface area contributed by atoms with E-state index < -0.39 is 5.97 Å². The highest BCUT2D eigenvalue weighted by Crippen LogP contribution is 2.22. The number of benzene rings is 2. The number of halogens is 2. The Bertz CT molecular complexity index is 717. The van der Waals surface area contributed by atoms with Crippen molar-refractivity contribution >= 4 is 39.3 Å². The van der Waals surface area contributed by atoms with Crippen LogP contribution in [0.25, 0.3) is 0 Å². The van der Waals surface area contributed by atoms with Gasteiger partial charge in [0.25, 0.3) is 0 Å². The predicted octanol–water partition coefficient (Wildman–Crippen LogP) is 3.59. The summed E-state index contributed by atoms with van der Waals surface area (Å²) in [4.78, 5) is 16.7. The first-order valence-corrected chi connectivity index (χ1v) is 7.32. The summed E-state index contributed by atoms with van der Waals surface area (Å²) < 4.78 is 6.02. The van der Waals surface area contributed by atoms with E-state index in [4.69, 9.17) is 26.9 Å². The van der Waals surface area contributed by atoms with Crippen LogP contribution in [0.5, 0.6) is 5.75 Å². The second-order valence-corrected chi connectivity index (χ2v) is 5.56. The molecule has 0 amide bonds. The first kappa shape index (κ1) is 16.3. The van der Waals surface area contributed by atoms with E-state index in [2.05, 4.69) is 21.1 Å². The minimum absolute atomic E-state index is 0.00943.